The zero-order valence-corrected chi connectivity index (χ0v) is 15.8. The minimum atomic E-state index is -0.512. The van der Waals surface area contributed by atoms with Crippen molar-refractivity contribution >= 4 is 22.9 Å². The van der Waals surface area contributed by atoms with Gasteiger partial charge in [-0.3, -0.25) is 0 Å². The van der Waals surface area contributed by atoms with Gasteiger partial charge in [-0.15, -0.1) is 0 Å². The lowest BCUT2D eigenvalue weighted by molar-refractivity contribution is 0.180. The molecule has 0 radical (unpaired) electrons. The van der Waals surface area contributed by atoms with Gasteiger partial charge < -0.3 is 29.6 Å². The molecule has 0 unspecified atom stereocenters. The number of pyridine rings is 1. The summed E-state index contributed by atoms with van der Waals surface area (Å²) in [6, 6.07) is 7.27. The highest BCUT2D eigenvalue weighted by Crippen LogP contribution is 2.38. The lowest BCUT2D eigenvalue weighted by Gasteiger charge is -2.17. The third-order valence-corrected chi connectivity index (χ3v) is 5.19. The Morgan fingerprint density at radius 3 is 2.63 bits per heavy atom. The van der Waals surface area contributed by atoms with Gasteiger partial charge in [0.05, 0.1) is 31.0 Å². The van der Waals surface area contributed by atoms with Gasteiger partial charge in [0.1, 0.15) is 17.1 Å². The third kappa shape index (κ3) is 3.18. The van der Waals surface area contributed by atoms with E-state index in [1.165, 1.54) is 0 Å². The molecule has 3 heterocycles. The molecule has 7 nitrogen and oxygen atoms in total. The van der Waals surface area contributed by atoms with Crippen LogP contribution >= 0.6 is 11.6 Å². The Balaban J connectivity index is 1.73. The summed E-state index contributed by atoms with van der Waals surface area (Å²) in [7, 11) is 3.16. The first-order chi connectivity index (χ1) is 13.0. The summed E-state index contributed by atoms with van der Waals surface area (Å²) >= 11 is 6.29. The molecule has 142 valence electrons. The van der Waals surface area contributed by atoms with Crippen molar-refractivity contribution in [2.45, 2.75) is 12.1 Å². The second-order valence-corrected chi connectivity index (χ2v) is 7.01. The van der Waals surface area contributed by atoms with Crippen LogP contribution < -0.4 is 20.1 Å². The molecule has 1 fully saturated rings. The van der Waals surface area contributed by atoms with E-state index in [1.54, 1.807) is 26.4 Å². The van der Waals surface area contributed by atoms with Crippen molar-refractivity contribution in [3.63, 3.8) is 0 Å². The highest BCUT2D eigenvalue weighted by atomic mass is 35.5. The molecule has 0 aliphatic carbocycles. The monoisotopic (exact) mass is 388 g/mol. The SMILES string of the molecule is COc1cc(OC)c(-c2cn3ccc(N4C[C@@H](N)[C@H](O)C4)cc3n2)cc1Cl. The molecular weight excluding hydrogens is 368 g/mol. The topological polar surface area (TPSA) is 85.2 Å². The Morgan fingerprint density at radius 2 is 1.96 bits per heavy atom. The molecule has 0 spiro atoms. The van der Waals surface area contributed by atoms with Gasteiger partial charge in [0.15, 0.2) is 0 Å². The number of aliphatic hydroxyl groups excluding tert-OH is 1. The number of anilines is 1. The maximum Gasteiger partial charge on any atom is 0.141 e. The second-order valence-electron chi connectivity index (χ2n) is 6.60. The molecule has 2 aromatic heterocycles. The van der Waals surface area contributed by atoms with Crippen LogP contribution in [0.3, 0.4) is 0 Å². The van der Waals surface area contributed by atoms with Gasteiger partial charge in [-0.25, -0.2) is 4.98 Å². The lowest BCUT2D eigenvalue weighted by Crippen LogP contribution is -2.32. The van der Waals surface area contributed by atoms with Crippen LogP contribution in [0.25, 0.3) is 16.9 Å². The quantitative estimate of drug-likeness (QED) is 0.712. The molecule has 27 heavy (non-hydrogen) atoms. The molecule has 0 bridgehead atoms. The number of halogens is 1. The predicted molar refractivity (Wildman–Crippen MR) is 105 cm³/mol. The van der Waals surface area contributed by atoms with Crippen molar-refractivity contribution in [1.29, 1.82) is 0 Å². The average molecular weight is 389 g/mol. The molecule has 3 aromatic rings. The number of hydrogen-bond donors (Lipinski definition) is 2. The fourth-order valence-corrected chi connectivity index (χ4v) is 3.62. The summed E-state index contributed by atoms with van der Waals surface area (Å²) in [6.45, 7) is 1.14. The second kappa shape index (κ2) is 6.92. The maximum atomic E-state index is 9.90. The lowest BCUT2D eigenvalue weighted by atomic mass is 10.1. The van der Waals surface area contributed by atoms with Gasteiger partial charge in [0.2, 0.25) is 0 Å². The van der Waals surface area contributed by atoms with Crippen LogP contribution in [0.2, 0.25) is 5.02 Å². The smallest absolute Gasteiger partial charge is 0.141 e. The average Bonchev–Trinajstić information content (AvgIpc) is 3.24. The van der Waals surface area contributed by atoms with Crippen molar-refractivity contribution in [2.24, 2.45) is 5.73 Å². The molecule has 4 rings (SSSR count). The van der Waals surface area contributed by atoms with E-state index < -0.39 is 6.10 Å². The molecule has 2 atom stereocenters. The Bertz CT molecular complexity index is 980. The van der Waals surface area contributed by atoms with Crippen LogP contribution in [0.1, 0.15) is 0 Å². The highest BCUT2D eigenvalue weighted by Gasteiger charge is 2.28. The van der Waals surface area contributed by atoms with E-state index in [2.05, 4.69) is 4.90 Å². The van der Waals surface area contributed by atoms with E-state index in [4.69, 9.17) is 31.8 Å². The molecule has 1 saturated heterocycles. The maximum absolute atomic E-state index is 9.90. The number of aromatic nitrogens is 2. The number of β-amino-alcohol motifs (C(OH)–C–C–N with tert-alkyl or cyclic N) is 1. The zero-order valence-electron chi connectivity index (χ0n) is 15.1. The highest BCUT2D eigenvalue weighted by molar-refractivity contribution is 6.32. The molecule has 8 heteroatoms. The van der Waals surface area contributed by atoms with E-state index in [9.17, 15) is 5.11 Å². The zero-order chi connectivity index (χ0) is 19.1. The third-order valence-electron chi connectivity index (χ3n) is 4.89. The van der Waals surface area contributed by atoms with Crippen LogP contribution in [0, 0.1) is 0 Å². The number of benzene rings is 1. The number of methoxy groups -OCH3 is 2. The van der Waals surface area contributed by atoms with Gasteiger partial charge >= 0.3 is 0 Å². The first kappa shape index (κ1) is 17.9. The minimum Gasteiger partial charge on any atom is -0.496 e. The van der Waals surface area contributed by atoms with Crippen LogP contribution in [0.4, 0.5) is 5.69 Å². The number of nitrogens with zero attached hydrogens (tertiary/aromatic N) is 3. The van der Waals surface area contributed by atoms with Crippen molar-refractivity contribution in [1.82, 2.24) is 9.38 Å². The normalized spacial score (nSPS) is 19.7. The summed E-state index contributed by atoms with van der Waals surface area (Å²) < 4.78 is 12.7. The molecule has 0 saturated carbocycles. The fraction of sp³-hybridized carbons (Fsp3) is 0.316. The van der Waals surface area contributed by atoms with Gasteiger partial charge in [-0.1, -0.05) is 11.6 Å². The first-order valence-corrected chi connectivity index (χ1v) is 8.97. The van der Waals surface area contributed by atoms with Gasteiger partial charge in [-0.05, 0) is 12.1 Å². The van der Waals surface area contributed by atoms with Crippen LogP contribution in [-0.4, -0.2) is 53.9 Å². The number of ether oxygens (including phenoxy) is 2. The first-order valence-electron chi connectivity index (χ1n) is 8.59. The van der Waals surface area contributed by atoms with Crippen LogP contribution in [-0.2, 0) is 0 Å². The van der Waals surface area contributed by atoms with Gasteiger partial charge in [-0.2, -0.15) is 0 Å². The van der Waals surface area contributed by atoms with E-state index in [0.29, 0.717) is 29.6 Å². The van der Waals surface area contributed by atoms with Crippen molar-refractivity contribution in [3.8, 4) is 22.8 Å². The minimum absolute atomic E-state index is 0.234. The molecular formula is C19H21ClN4O3. The molecule has 3 N–H and O–H groups in total. The summed E-state index contributed by atoms with van der Waals surface area (Å²) in [5.41, 5.74) is 9.21. The molecule has 1 aliphatic rings. The van der Waals surface area contributed by atoms with Gasteiger partial charge in [0, 0.05) is 54.9 Å². The van der Waals surface area contributed by atoms with Crippen molar-refractivity contribution < 1.29 is 14.6 Å². The predicted octanol–water partition coefficient (Wildman–Crippen LogP) is 2.18. The fourth-order valence-electron chi connectivity index (χ4n) is 3.38. The molecule has 0 amide bonds. The number of hydrogen-bond acceptors (Lipinski definition) is 6. The van der Waals surface area contributed by atoms with E-state index in [-0.39, 0.29) is 6.04 Å². The Hall–Kier alpha value is -2.48. The van der Waals surface area contributed by atoms with Crippen molar-refractivity contribution in [3.05, 3.63) is 41.7 Å². The number of aliphatic hydroxyl groups is 1. The molecule has 1 aromatic carbocycles. The van der Waals surface area contributed by atoms with Gasteiger partial charge in [0.25, 0.3) is 0 Å². The number of rotatable bonds is 4. The van der Waals surface area contributed by atoms with Crippen LogP contribution in [0.15, 0.2) is 36.7 Å². The standard InChI is InChI=1S/C19H21ClN4O3/c1-26-17-7-18(27-2)13(20)6-12(17)15-9-23-4-3-11(5-19(23)22-15)24-8-14(21)16(25)10-24/h3-7,9,14,16,25H,8,10,21H2,1-2H3/t14-,16-/m1/s1. The van der Waals surface area contributed by atoms with E-state index >= 15 is 0 Å². The van der Waals surface area contributed by atoms with Crippen molar-refractivity contribution in [2.75, 3.05) is 32.2 Å². The largest absolute Gasteiger partial charge is 0.496 e. The number of nitrogens with two attached hydrogens (primary N) is 1. The summed E-state index contributed by atoms with van der Waals surface area (Å²) in [5.74, 6) is 1.18. The number of fused-ring (bicyclic) bond motifs is 1. The van der Waals surface area contributed by atoms with E-state index in [1.807, 2.05) is 28.9 Å². The van der Waals surface area contributed by atoms with E-state index in [0.717, 1.165) is 22.6 Å². The molecule has 1 aliphatic heterocycles. The summed E-state index contributed by atoms with van der Waals surface area (Å²) in [4.78, 5) is 6.79. The summed E-state index contributed by atoms with van der Waals surface area (Å²) in [5, 5.41) is 10.4. The van der Waals surface area contributed by atoms with Crippen LogP contribution in [0.5, 0.6) is 11.5 Å². The number of imidazole rings is 1. The Kier molecular flexibility index (Phi) is 4.59. The Morgan fingerprint density at radius 1 is 1.19 bits per heavy atom. The summed E-state index contributed by atoms with van der Waals surface area (Å²) in [6.07, 6.45) is 3.35. The Labute approximate surface area is 161 Å².